The fraction of sp³-hybridized carbons (Fsp3) is 0. The maximum absolute atomic E-state index is 6.16. The summed E-state index contributed by atoms with van der Waals surface area (Å²) in [5.74, 6) is 0. The molecule has 2 heteroatoms. The minimum atomic E-state index is 0.902. The Morgan fingerprint density at radius 1 is 0.258 bits per heavy atom. The molecule has 0 spiro atoms. The van der Waals surface area contributed by atoms with E-state index in [4.69, 9.17) is 4.42 Å². The Labute approximate surface area is 360 Å². The molecule has 0 aliphatic carbocycles. The van der Waals surface area contributed by atoms with Crippen LogP contribution in [-0.4, -0.2) is 0 Å². The number of nitrogens with zero attached hydrogens (tertiary/aromatic N) is 1. The summed E-state index contributed by atoms with van der Waals surface area (Å²) in [7, 11) is 0. The van der Waals surface area contributed by atoms with Gasteiger partial charge < -0.3 is 9.32 Å². The molecule has 0 amide bonds. The highest BCUT2D eigenvalue weighted by Gasteiger charge is 2.19. The zero-order valence-electron chi connectivity index (χ0n) is 33.9. The first kappa shape index (κ1) is 35.7. The van der Waals surface area contributed by atoms with E-state index < -0.39 is 0 Å². The molecule has 290 valence electrons. The number of hydrogen-bond acceptors (Lipinski definition) is 2. The maximum atomic E-state index is 6.16. The van der Waals surface area contributed by atoms with E-state index >= 15 is 0 Å². The van der Waals surface area contributed by atoms with Gasteiger partial charge in [0.1, 0.15) is 11.2 Å². The molecule has 0 aliphatic rings. The number of furan rings is 1. The molecule has 12 rings (SSSR count). The van der Waals surface area contributed by atoms with Crippen molar-refractivity contribution < 1.29 is 4.42 Å². The number of anilines is 3. The van der Waals surface area contributed by atoms with Crippen molar-refractivity contribution in [3.8, 4) is 44.5 Å². The second-order valence-corrected chi connectivity index (χ2v) is 16.1. The Morgan fingerprint density at radius 3 is 1.56 bits per heavy atom. The zero-order chi connectivity index (χ0) is 41.0. The van der Waals surface area contributed by atoms with E-state index in [2.05, 4.69) is 229 Å². The van der Waals surface area contributed by atoms with Crippen molar-refractivity contribution in [3.05, 3.63) is 237 Å². The monoisotopic (exact) mass is 789 g/mol. The highest BCUT2D eigenvalue weighted by molar-refractivity contribution is 6.09. The van der Waals surface area contributed by atoms with Gasteiger partial charge in [0.2, 0.25) is 0 Å². The Bertz CT molecular complexity index is 3630. The largest absolute Gasteiger partial charge is 0.456 e. The maximum Gasteiger partial charge on any atom is 0.135 e. The Balaban J connectivity index is 0.964. The van der Waals surface area contributed by atoms with E-state index in [0.717, 1.165) is 61.3 Å². The van der Waals surface area contributed by atoms with Crippen LogP contribution in [0.2, 0.25) is 0 Å². The van der Waals surface area contributed by atoms with E-state index in [-0.39, 0.29) is 0 Å². The minimum Gasteiger partial charge on any atom is -0.456 e. The summed E-state index contributed by atoms with van der Waals surface area (Å²) >= 11 is 0. The van der Waals surface area contributed by atoms with Gasteiger partial charge in [-0.1, -0.05) is 176 Å². The van der Waals surface area contributed by atoms with Crippen LogP contribution < -0.4 is 4.90 Å². The quantitative estimate of drug-likeness (QED) is 0.150. The number of para-hydroxylation sites is 2. The van der Waals surface area contributed by atoms with Crippen LogP contribution in [0.1, 0.15) is 0 Å². The molecule has 0 fully saturated rings. The van der Waals surface area contributed by atoms with Crippen molar-refractivity contribution in [1.29, 1.82) is 0 Å². The second-order valence-electron chi connectivity index (χ2n) is 16.1. The molecule has 11 aromatic carbocycles. The smallest absolute Gasteiger partial charge is 0.135 e. The van der Waals surface area contributed by atoms with E-state index in [1.807, 2.05) is 12.1 Å². The lowest BCUT2D eigenvalue weighted by Crippen LogP contribution is -2.11. The van der Waals surface area contributed by atoms with Crippen molar-refractivity contribution in [2.75, 3.05) is 4.90 Å². The normalized spacial score (nSPS) is 11.5. The van der Waals surface area contributed by atoms with Crippen LogP contribution in [0.25, 0.3) is 98.8 Å². The van der Waals surface area contributed by atoms with Crippen LogP contribution in [-0.2, 0) is 0 Å². The molecule has 0 N–H and O–H groups in total. The molecule has 1 heterocycles. The average Bonchev–Trinajstić information content (AvgIpc) is 3.72. The number of rotatable bonds is 7. The molecular weight excluding hydrogens is 751 g/mol. The van der Waals surface area contributed by atoms with Gasteiger partial charge in [-0.3, -0.25) is 0 Å². The highest BCUT2D eigenvalue weighted by atomic mass is 16.3. The van der Waals surface area contributed by atoms with Gasteiger partial charge in [-0.2, -0.15) is 0 Å². The van der Waals surface area contributed by atoms with Crippen molar-refractivity contribution in [3.63, 3.8) is 0 Å². The van der Waals surface area contributed by atoms with E-state index in [9.17, 15) is 0 Å². The first-order chi connectivity index (χ1) is 30.7. The molecule has 0 saturated carbocycles. The molecule has 0 radical (unpaired) electrons. The Morgan fingerprint density at radius 2 is 0.774 bits per heavy atom. The fourth-order valence-electron chi connectivity index (χ4n) is 9.38. The summed E-state index contributed by atoms with van der Waals surface area (Å²) in [4.78, 5) is 2.40. The van der Waals surface area contributed by atoms with Crippen LogP contribution in [0.3, 0.4) is 0 Å². The van der Waals surface area contributed by atoms with Crippen molar-refractivity contribution >= 4 is 71.3 Å². The van der Waals surface area contributed by atoms with Gasteiger partial charge in [-0.15, -0.1) is 0 Å². The first-order valence-electron chi connectivity index (χ1n) is 21.2. The van der Waals surface area contributed by atoms with Gasteiger partial charge in [0.15, 0.2) is 0 Å². The van der Waals surface area contributed by atoms with E-state index in [0.29, 0.717) is 0 Å². The predicted molar refractivity (Wildman–Crippen MR) is 263 cm³/mol. The van der Waals surface area contributed by atoms with Gasteiger partial charge in [0.25, 0.3) is 0 Å². The van der Waals surface area contributed by atoms with Gasteiger partial charge in [0.05, 0.1) is 5.69 Å². The second kappa shape index (κ2) is 14.8. The molecule has 0 atom stereocenters. The molecule has 1 aromatic heterocycles. The molecule has 0 aliphatic heterocycles. The average molecular weight is 790 g/mol. The number of fused-ring (bicyclic) bond motifs is 7. The van der Waals surface area contributed by atoms with Gasteiger partial charge in [-0.25, -0.2) is 0 Å². The first-order valence-corrected chi connectivity index (χ1v) is 21.2. The van der Waals surface area contributed by atoms with Crippen LogP contribution in [0.15, 0.2) is 241 Å². The van der Waals surface area contributed by atoms with Gasteiger partial charge in [-0.05, 0) is 132 Å². The molecule has 12 aromatic rings. The van der Waals surface area contributed by atoms with Crippen molar-refractivity contribution in [1.82, 2.24) is 0 Å². The van der Waals surface area contributed by atoms with Crippen LogP contribution >= 0.6 is 0 Å². The SMILES string of the molecule is c1cc(-c2ccccc2N(c2ccc(-c3ccc4c(ccc5ccccc54)c3)cc2)c2ccc(-c3ccc4oc5ccccc5c4c3)cc2)cc(-c2cccc3ccccc23)c1. The summed E-state index contributed by atoms with van der Waals surface area (Å²) in [6.45, 7) is 0. The Kier molecular flexibility index (Phi) is 8.53. The van der Waals surface area contributed by atoms with Crippen LogP contribution in [0.5, 0.6) is 0 Å². The standard InChI is InChI=1S/C60H39NO/c1-3-16-51-42(11-1)13-10-20-53(51)46-14-9-15-47(38-46)55-18-5-7-21-58(55)61(50-33-27-41(28-34-50)45-30-36-60-57(39-45)56-19-6-8-22-59(56)62-60)49-31-25-40(26-32-49)44-29-35-54-48(37-44)24-23-43-12-2-4-17-52(43)54/h1-39H. The molecular formula is C60H39NO. The third kappa shape index (κ3) is 6.20. The predicted octanol–water partition coefficient (Wildman–Crippen LogP) is 17.2. The molecule has 0 saturated heterocycles. The van der Waals surface area contributed by atoms with Crippen molar-refractivity contribution in [2.24, 2.45) is 0 Å². The fourth-order valence-corrected chi connectivity index (χ4v) is 9.38. The summed E-state index contributed by atoms with van der Waals surface area (Å²) in [6.07, 6.45) is 0. The minimum absolute atomic E-state index is 0.902. The highest BCUT2D eigenvalue weighted by Crippen LogP contribution is 2.43. The van der Waals surface area contributed by atoms with Crippen LogP contribution in [0, 0.1) is 0 Å². The molecule has 0 bridgehead atoms. The van der Waals surface area contributed by atoms with Gasteiger partial charge in [0, 0.05) is 27.7 Å². The zero-order valence-corrected chi connectivity index (χ0v) is 33.9. The third-order valence-corrected chi connectivity index (χ3v) is 12.5. The summed E-state index contributed by atoms with van der Waals surface area (Å²) in [6, 6.07) is 85.6. The third-order valence-electron chi connectivity index (χ3n) is 12.5. The van der Waals surface area contributed by atoms with Gasteiger partial charge >= 0.3 is 0 Å². The van der Waals surface area contributed by atoms with E-state index in [1.54, 1.807) is 0 Å². The summed E-state index contributed by atoms with van der Waals surface area (Å²) in [5.41, 5.74) is 14.5. The molecule has 2 nitrogen and oxygen atoms in total. The summed E-state index contributed by atoms with van der Waals surface area (Å²) < 4.78 is 6.16. The molecule has 62 heavy (non-hydrogen) atoms. The lowest BCUT2D eigenvalue weighted by atomic mass is 9.94. The number of benzene rings is 11. The van der Waals surface area contributed by atoms with Crippen LogP contribution in [0.4, 0.5) is 17.1 Å². The summed E-state index contributed by atoms with van der Waals surface area (Å²) in [5, 5.41) is 9.82. The van der Waals surface area contributed by atoms with Crippen molar-refractivity contribution in [2.45, 2.75) is 0 Å². The molecule has 0 unspecified atom stereocenters. The Hall–Kier alpha value is -8.20. The number of hydrogen-bond donors (Lipinski definition) is 0. The lowest BCUT2D eigenvalue weighted by Gasteiger charge is -2.28. The lowest BCUT2D eigenvalue weighted by molar-refractivity contribution is 0.669. The topological polar surface area (TPSA) is 16.4 Å². The van der Waals surface area contributed by atoms with E-state index in [1.165, 1.54) is 54.6 Å².